The molecule has 0 spiro atoms. The van der Waals surface area contributed by atoms with Crippen LogP contribution in [0, 0.1) is 0 Å². The predicted molar refractivity (Wildman–Crippen MR) is 99.0 cm³/mol. The van der Waals surface area contributed by atoms with Gasteiger partial charge in [0.05, 0.1) is 0 Å². The van der Waals surface area contributed by atoms with E-state index in [0.29, 0.717) is 37.2 Å². The van der Waals surface area contributed by atoms with Gasteiger partial charge in [-0.05, 0) is 51.8 Å². The van der Waals surface area contributed by atoms with Crippen LogP contribution in [0.15, 0.2) is 24.3 Å². The van der Waals surface area contributed by atoms with E-state index in [1.54, 1.807) is 29.2 Å². The highest BCUT2D eigenvalue weighted by Crippen LogP contribution is 2.16. The van der Waals surface area contributed by atoms with Crippen molar-refractivity contribution >= 4 is 23.6 Å². The number of anilines is 1. The minimum absolute atomic E-state index is 0.00519. The van der Waals surface area contributed by atoms with Gasteiger partial charge in [-0.25, -0.2) is 4.79 Å². The lowest BCUT2D eigenvalue weighted by molar-refractivity contribution is -0.114. The number of amides is 3. The summed E-state index contributed by atoms with van der Waals surface area (Å²) in [5, 5.41) is 5.66. The lowest BCUT2D eigenvalue weighted by atomic mass is 10.0. The molecule has 142 valence electrons. The topological polar surface area (TPSA) is 87.7 Å². The number of hydrogen-bond acceptors (Lipinski definition) is 4. The second-order valence-electron chi connectivity index (χ2n) is 7.48. The van der Waals surface area contributed by atoms with Crippen molar-refractivity contribution in [2.75, 3.05) is 18.4 Å². The number of nitrogens with zero attached hydrogens (tertiary/aromatic N) is 1. The molecule has 7 nitrogen and oxygen atoms in total. The lowest BCUT2D eigenvalue weighted by Gasteiger charge is -2.33. The first-order valence-electron chi connectivity index (χ1n) is 8.80. The fraction of sp³-hybridized carbons (Fsp3) is 0.526. The summed E-state index contributed by atoms with van der Waals surface area (Å²) in [7, 11) is 0. The van der Waals surface area contributed by atoms with Crippen molar-refractivity contribution in [3.05, 3.63) is 29.8 Å². The van der Waals surface area contributed by atoms with E-state index in [9.17, 15) is 14.4 Å². The standard InChI is InChI=1S/C19H27N3O4/c1-13(23)20-16-7-5-6-14(12-16)17(24)21-15-8-10-22(11-9-15)18(25)26-19(2,3)4/h5-7,12,15H,8-11H2,1-4H3,(H,20,23)(H,21,24). The molecular weight excluding hydrogens is 334 g/mol. The molecule has 26 heavy (non-hydrogen) atoms. The zero-order valence-corrected chi connectivity index (χ0v) is 15.8. The smallest absolute Gasteiger partial charge is 0.410 e. The number of nitrogens with one attached hydrogen (secondary N) is 2. The van der Waals surface area contributed by atoms with Crippen LogP contribution in [0.2, 0.25) is 0 Å². The first kappa shape index (κ1) is 19.8. The monoisotopic (exact) mass is 361 g/mol. The van der Waals surface area contributed by atoms with Crippen LogP contribution in [-0.4, -0.2) is 47.5 Å². The van der Waals surface area contributed by atoms with Gasteiger partial charge in [-0.15, -0.1) is 0 Å². The Bertz CT molecular complexity index is 674. The second kappa shape index (κ2) is 8.21. The summed E-state index contributed by atoms with van der Waals surface area (Å²) in [6.07, 6.45) is 1.04. The largest absolute Gasteiger partial charge is 0.444 e. The van der Waals surface area contributed by atoms with Gasteiger partial charge in [0.2, 0.25) is 5.91 Å². The molecule has 0 saturated carbocycles. The van der Waals surface area contributed by atoms with E-state index in [2.05, 4.69) is 10.6 Å². The van der Waals surface area contributed by atoms with Crippen molar-refractivity contribution < 1.29 is 19.1 Å². The number of carbonyl (C=O) groups is 3. The third kappa shape index (κ3) is 6.06. The van der Waals surface area contributed by atoms with Gasteiger partial charge in [-0.3, -0.25) is 9.59 Å². The summed E-state index contributed by atoms with van der Waals surface area (Å²) in [4.78, 5) is 37.3. The molecule has 7 heteroatoms. The summed E-state index contributed by atoms with van der Waals surface area (Å²) in [6, 6.07) is 6.82. The van der Waals surface area contributed by atoms with E-state index in [-0.39, 0.29) is 23.9 Å². The molecular formula is C19H27N3O4. The van der Waals surface area contributed by atoms with Gasteiger partial charge in [-0.2, -0.15) is 0 Å². The van der Waals surface area contributed by atoms with Crippen molar-refractivity contribution in [1.29, 1.82) is 0 Å². The average molecular weight is 361 g/mol. The van der Waals surface area contributed by atoms with E-state index in [0.717, 1.165) is 0 Å². The van der Waals surface area contributed by atoms with Crippen LogP contribution in [0.3, 0.4) is 0 Å². The van der Waals surface area contributed by atoms with Crippen LogP contribution < -0.4 is 10.6 Å². The molecule has 3 amide bonds. The van der Waals surface area contributed by atoms with Gasteiger partial charge in [-0.1, -0.05) is 6.07 Å². The Kier molecular flexibility index (Phi) is 6.23. The zero-order chi connectivity index (χ0) is 19.3. The van der Waals surface area contributed by atoms with E-state index in [1.807, 2.05) is 20.8 Å². The van der Waals surface area contributed by atoms with E-state index in [1.165, 1.54) is 6.92 Å². The van der Waals surface area contributed by atoms with Crippen LogP contribution in [-0.2, 0) is 9.53 Å². The maximum Gasteiger partial charge on any atom is 0.410 e. The Balaban J connectivity index is 1.86. The molecule has 1 aliphatic heterocycles. The van der Waals surface area contributed by atoms with Crippen molar-refractivity contribution in [3.8, 4) is 0 Å². The van der Waals surface area contributed by atoms with E-state index < -0.39 is 5.60 Å². The third-order valence-corrected chi connectivity index (χ3v) is 3.93. The number of likely N-dealkylation sites (tertiary alicyclic amines) is 1. The second-order valence-corrected chi connectivity index (χ2v) is 7.48. The van der Waals surface area contributed by atoms with Gasteiger partial charge < -0.3 is 20.3 Å². The summed E-state index contributed by atoms with van der Waals surface area (Å²) in [5.41, 5.74) is 0.567. The number of piperidine rings is 1. The summed E-state index contributed by atoms with van der Waals surface area (Å²) >= 11 is 0. The molecule has 1 heterocycles. The molecule has 1 aromatic carbocycles. The molecule has 1 fully saturated rings. The molecule has 2 N–H and O–H groups in total. The highest BCUT2D eigenvalue weighted by molar-refractivity contribution is 5.96. The van der Waals surface area contributed by atoms with E-state index in [4.69, 9.17) is 4.74 Å². The van der Waals surface area contributed by atoms with Crippen LogP contribution in [0.25, 0.3) is 0 Å². The first-order chi connectivity index (χ1) is 12.1. The SMILES string of the molecule is CC(=O)Nc1cccc(C(=O)NC2CCN(C(=O)OC(C)(C)C)CC2)c1. The molecule has 0 radical (unpaired) electrons. The maximum absolute atomic E-state index is 12.4. The number of benzene rings is 1. The maximum atomic E-state index is 12.4. The molecule has 1 aromatic rings. The molecule has 1 aliphatic rings. The number of ether oxygens (including phenoxy) is 1. The Morgan fingerprint density at radius 1 is 1.15 bits per heavy atom. The van der Waals surface area contributed by atoms with Crippen LogP contribution in [0.1, 0.15) is 50.9 Å². The summed E-state index contributed by atoms with van der Waals surface area (Å²) in [5.74, 6) is -0.370. The molecule has 2 rings (SSSR count). The van der Waals surface area contributed by atoms with Crippen molar-refractivity contribution in [2.45, 2.75) is 52.2 Å². The number of hydrogen-bond donors (Lipinski definition) is 2. The third-order valence-electron chi connectivity index (χ3n) is 3.93. The normalized spacial score (nSPS) is 15.3. The Morgan fingerprint density at radius 3 is 2.38 bits per heavy atom. The van der Waals surface area contributed by atoms with Crippen molar-refractivity contribution in [3.63, 3.8) is 0 Å². The van der Waals surface area contributed by atoms with Crippen LogP contribution >= 0.6 is 0 Å². The quantitative estimate of drug-likeness (QED) is 0.866. The van der Waals surface area contributed by atoms with Crippen molar-refractivity contribution in [1.82, 2.24) is 10.2 Å². The minimum atomic E-state index is -0.513. The minimum Gasteiger partial charge on any atom is -0.444 e. The molecule has 1 saturated heterocycles. The first-order valence-corrected chi connectivity index (χ1v) is 8.80. The van der Waals surface area contributed by atoms with Gasteiger partial charge in [0.15, 0.2) is 0 Å². The van der Waals surface area contributed by atoms with Gasteiger partial charge in [0.25, 0.3) is 5.91 Å². The van der Waals surface area contributed by atoms with Crippen molar-refractivity contribution in [2.24, 2.45) is 0 Å². The van der Waals surface area contributed by atoms with Crippen LogP contribution in [0.5, 0.6) is 0 Å². The predicted octanol–water partition coefficient (Wildman–Crippen LogP) is 2.77. The Morgan fingerprint density at radius 2 is 1.81 bits per heavy atom. The zero-order valence-electron chi connectivity index (χ0n) is 15.8. The average Bonchev–Trinajstić information content (AvgIpc) is 2.53. The Hall–Kier alpha value is -2.57. The lowest BCUT2D eigenvalue weighted by Crippen LogP contribution is -2.47. The number of carbonyl (C=O) groups excluding carboxylic acids is 3. The molecule has 0 atom stereocenters. The molecule has 0 unspecified atom stereocenters. The van der Waals surface area contributed by atoms with Crippen LogP contribution in [0.4, 0.5) is 10.5 Å². The Labute approximate surface area is 154 Å². The molecule has 0 aliphatic carbocycles. The summed E-state index contributed by atoms with van der Waals surface area (Å²) < 4.78 is 5.37. The molecule has 0 aromatic heterocycles. The summed E-state index contributed by atoms with van der Waals surface area (Å²) in [6.45, 7) is 8.04. The van der Waals surface area contributed by atoms with Gasteiger partial charge >= 0.3 is 6.09 Å². The highest BCUT2D eigenvalue weighted by atomic mass is 16.6. The molecule has 0 bridgehead atoms. The fourth-order valence-corrected chi connectivity index (χ4v) is 2.74. The van der Waals surface area contributed by atoms with Gasteiger partial charge in [0, 0.05) is 37.3 Å². The van der Waals surface area contributed by atoms with Gasteiger partial charge in [0.1, 0.15) is 5.60 Å². The number of rotatable bonds is 3. The van der Waals surface area contributed by atoms with E-state index >= 15 is 0 Å². The fourth-order valence-electron chi connectivity index (χ4n) is 2.74. The highest BCUT2D eigenvalue weighted by Gasteiger charge is 2.27.